The van der Waals surface area contributed by atoms with Gasteiger partial charge in [-0.2, -0.15) is 0 Å². The molecule has 97 valence electrons. The van der Waals surface area contributed by atoms with Crippen LogP contribution in [0.25, 0.3) is 22.4 Å². The maximum Gasteiger partial charge on any atom is 0.198 e. The third kappa shape index (κ3) is 2.40. The van der Waals surface area contributed by atoms with Crippen molar-refractivity contribution in [1.82, 2.24) is 9.97 Å². The van der Waals surface area contributed by atoms with E-state index in [0.717, 1.165) is 11.1 Å². The van der Waals surface area contributed by atoms with Gasteiger partial charge in [0, 0.05) is 22.3 Å². The molecular weight excluding hydrogens is 275 g/mol. The quantitative estimate of drug-likeness (QED) is 0.696. The minimum atomic E-state index is -0.324. The Morgan fingerprint density at radius 2 is 1.70 bits per heavy atom. The van der Waals surface area contributed by atoms with Gasteiger partial charge in [0.1, 0.15) is 5.82 Å². The largest absolute Gasteiger partial charge is 0.233 e. The summed E-state index contributed by atoms with van der Waals surface area (Å²) in [7, 11) is 0. The van der Waals surface area contributed by atoms with Crippen molar-refractivity contribution in [2.75, 3.05) is 0 Å². The predicted molar refractivity (Wildman–Crippen MR) is 76.7 cm³/mol. The molecule has 0 bridgehead atoms. The first-order valence-electron chi connectivity index (χ1n) is 5.99. The van der Waals surface area contributed by atoms with Gasteiger partial charge in [-0.05, 0) is 29.8 Å². The van der Waals surface area contributed by atoms with Crippen LogP contribution < -0.4 is 0 Å². The highest BCUT2D eigenvalue weighted by atomic mass is 35.5. The van der Waals surface area contributed by atoms with Crippen molar-refractivity contribution in [3.63, 3.8) is 0 Å². The Hall–Kier alpha value is -2.26. The van der Waals surface area contributed by atoms with Crippen LogP contribution in [0, 0.1) is 12.1 Å². The van der Waals surface area contributed by atoms with Crippen molar-refractivity contribution in [3.8, 4) is 22.4 Å². The van der Waals surface area contributed by atoms with Gasteiger partial charge in [0.2, 0.25) is 0 Å². The summed E-state index contributed by atoms with van der Waals surface area (Å²) < 4.78 is 13.9. The van der Waals surface area contributed by atoms with Gasteiger partial charge in [0.15, 0.2) is 6.33 Å². The van der Waals surface area contributed by atoms with E-state index < -0.39 is 0 Å². The molecular formula is C16H9ClFN2. The van der Waals surface area contributed by atoms with Crippen LogP contribution in [0.4, 0.5) is 4.39 Å². The summed E-state index contributed by atoms with van der Waals surface area (Å²) in [6.45, 7) is 0. The maximum atomic E-state index is 13.9. The van der Waals surface area contributed by atoms with E-state index in [1.54, 1.807) is 36.5 Å². The lowest BCUT2D eigenvalue weighted by Crippen LogP contribution is -1.93. The monoisotopic (exact) mass is 283 g/mol. The number of halogens is 2. The number of aromatic nitrogens is 2. The molecule has 1 heterocycles. The lowest BCUT2D eigenvalue weighted by molar-refractivity contribution is 0.630. The summed E-state index contributed by atoms with van der Waals surface area (Å²) in [5, 5.41) is 0.643. The second-order valence-corrected chi connectivity index (χ2v) is 4.66. The molecule has 4 heteroatoms. The van der Waals surface area contributed by atoms with Crippen molar-refractivity contribution >= 4 is 11.6 Å². The second kappa shape index (κ2) is 5.39. The molecule has 0 N–H and O–H groups in total. The highest BCUT2D eigenvalue weighted by Gasteiger charge is 2.12. The molecule has 1 radical (unpaired) electrons. The summed E-state index contributed by atoms with van der Waals surface area (Å²) >= 11 is 5.88. The Labute approximate surface area is 120 Å². The smallest absolute Gasteiger partial charge is 0.198 e. The van der Waals surface area contributed by atoms with Crippen LogP contribution in [0.5, 0.6) is 0 Å². The predicted octanol–water partition coefficient (Wildman–Crippen LogP) is 4.40. The zero-order valence-electron chi connectivity index (χ0n) is 10.3. The van der Waals surface area contributed by atoms with Crippen LogP contribution in [-0.4, -0.2) is 9.97 Å². The van der Waals surface area contributed by atoms with E-state index in [2.05, 4.69) is 16.3 Å². The van der Waals surface area contributed by atoms with Gasteiger partial charge in [-0.15, -0.1) is 0 Å². The lowest BCUT2D eigenvalue weighted by Gasteiger charge is -2.08. The minimum absolute atomic E-state index is 0.324. The molecule has 0 amide bonds. The first-order chi connectivity index (χ1) is 9.75. The van der Waals surface area contributed by atoms with Crippen LogP contribution in [0.1, 0.15) is 0 Å². The molecule has 0 unspecified atom stereocenters. The van der Waals surface area contributed by atoms with Crippen molar-refractivity contribution in [2.24, 2.45) is 0 Å². The number of hydrogen-bond donors (Lipinski definition) is 0. The van der Waals surface area contributed by atoms with Gasteiger partial charge in [-0.25, -0.2) is 14.4 Å². The number of benzene rings is 2. The van der Waals surface area contributed by atoms with Crippen molar-refractivity contribution in [1.29, 1.82) is 0 Å². The van der Waals surface area contributed by atoms with E-state index in [1.165, 1.54) is 6.07 Å². The Balaban J connectivity index is 2.19. The summed E-state index contributed by atoms with van der Waals surface area (Å²) in [5.74, 6) is -0.324. The summed E-state index contributed by atoms with van der Waals surface area (Å²) in [4.78, 5) is 8.01. The molecule has 0 spiro atoms. The molecule has 0 fully saturated rings. The first kappa shape index (κ1) is 12.8. The summed E-state index contributed by atoms with van der Waals surface area (Å²) in [6.07, 6.45) is 4.14. The van der Waals surface area contributed by atoms with E-state index in [4.69, 9.17) is 11.6 Å². The Bertz CT molecular complexity index is 741. The van der Waals surface area contributed by atoms with Crippen LogP contribution in [-0.2, 0) is 0 Å². The van der Waals surface area contributed by atoms with E-state index in [-0.39, 0.29) is 5.82 Å². The van der Waals surface area contributed by atoms with Crippen molar-refractivity contribution in [2.45, 2.75) is 0 Å². The molecule has 0 aliphatic rings. The maximum absolute atomic E-state index is 13.9. The number of nitrogens with zero attached hydrogens (tertiary/aromatic N) is 2. The van der Waals surface area contributed by atoms with Crippen LogP contribution in [0.2, 0.25) is 5.02 Å². The summed E-state index contributed by atoms with van der Waals surface area (Å²) in [5.41, 5.74) is 2.56. The molecule has 3 aromatic rings. The molecule has 0 aliphatic heterocycles. The molecule has 0 atom stereocenters. The Morgan fingerprint density at radius 1 is 0.950 bits per heavy atom. The van der Waals surface area contributed by atoms with Crippen LogP contribution in [0.15, 0.2) is 54.7 Å². The number of hydrogen-bond acceptors (Lipinski definition) is 2. The van der Waals surface area contributed by atoms with Gasteiger partial charge in [0.05, 0.1) is 5.69 Å². The second-order valence-electron chi connectivity index (χ2n) is 4.22. The van der Waals surface area contributed by atoms with E-state index >= 15 is 0 Å². The average molecular weight is 284 g/mol. The molecule has 3 rings (SSSR count). The van der Waals surface area contributed by atoms with E-state index in [9.17, 15) is 4.39 Å². The van der Waals surface area contributed by atoms with Crippen molar-refractivity contribution < 1.29 is 4.39 Å². The molecule has 2 nitrogen and oxygen atoms in total. The van der Waals surface area contributed by atoms with Crippen LogP contribution in [0.3, 0.4) is 0 Å². The lowest BCUT2D eigenvalue weighted by atomic mass is 10.0. The van der Waals surface area contributed by atoms with Gasteiger partial charge in [-0.3, -0.25) is 0 Å². The SMILES string of the molecule is Fc1ccccc1-c1n[c]ncc1-c1ccc(Cl)cc1. The molecule has 1 aromatic heterocycles. The Kier molecular flexibility index (Phi) is 3.44. The molecule has 20 heavy (non-hydrogen) atoms. The minimum Gasteiger partial charge on any atom is -0.233 e. The van der Waals surface area contributed by atoms with Gasteiger partial charge >= 0.3 is 0 Å². The first-order valence-corrected chi connectivity index (χ1v) is 6.37. The summed E-state index contributed by atoms with van der Waals surface area (Å²) in [6, 6.07) is 13.8. The fourth-order valence-corrected chi connectivity index (χ4v) is 2.12. The normalized spacial score (nSPS) is 10.5. The van der Waals surface area contributed by atoms with Crippen LogP contribution >= 0.6 is 11.6 Å². The zero-order valence-corrected chi connectivity index (χ0v) is 11.1. The molecule has 0 aliphatic carbocycles. The molecule has 0 saturated heterocycles. The molecule has 0 saturated carbocycles. The van der Waals surface area contributed by atoms with Gasteiger partial charge in [0.25, 0.3) is 0 Å². The van der Waals surface area contributed by atoms with E-state index in [0.29, 0.717) is 16.3 Å². The Morgan fingerprint density at radius 3 is 2.45 bits per heavy atom. The third-order valence-corrected chi connectivity index (χ3v) is 3.20. The van der Waals surface area contributed by atoms with Gasteiger partial charge in [-0.1, -0.05) is 35.9 Å². The topological polar surface area (TPSA) is 25.8 Å². The number of rotatable bonds is 2. The average Bonchev–Trinajstić information content (AvgIpc) is 2.49. The fourth-order valence-electron chi connectivity index (χ4n) is 1.99. The van der Waals surface area contributed by atoms with Crippen molar-refractivity contribution in [3.05, 3.63) is 71.9 Å². The van der Waals surface area contributed by atoms with Gasteiger partial charge < -0.3 is 0 Å². The fraction of sp³-hybridized carbons (Fsp3) is 0. The highest BCUT2D eigenvalue weighted by molar-refractivity contribution is 6.30. The third-order valence-electron chi connectivity index (χ3n) is 2.95. The van der Waals surface area contributed by atoms with E-state index in [1.807, 2.05) is 12.1 Å². The molecule has 2 aromatic carbocycles. The standard InChI is InChI=1S/C16H9ClFN2/c17-12-7-5-11(6-8-12)14-9-19-10-20-16(14)13-3-1-2-4-15(13)18/h1-9H. The highest BCUT2D eigenvalue weighted by Crippen LogP contribution is 2.31. The zero-order chi connectivity index (χ0) is 13.9.